The number of H-pyrrole nitrogens is 1. The fourth-order valence-electron chi connectivity index (χ4n) is 1.92. The van der Waals surface area contributed by atoms with Crippen LogP contribution in [0, 0.1) is 0 Å². The average Bonchev–Trinajstić information content (AvgIpc) is 2.88. The molecule has 0 amide bonds. The Balaban J connectivity index is 2.11. The largest absolute Gasteiger partial charge is 0.349 e. The summed E-state index contributed by atoms with van der Waals surface area (Å²) in [5.74, 6) is 1.02. The molecule has 2 rings (SSSR count). The first-order valence-electron chi connectivity index (χ1n) is 6.26. The summed E-state index contributed by atoms with van der Waals surface area (Å²) in [4.78, 5) is 7.47. The van der Waals surface area contributed by atoms with Crippen LogP contribution in [0.2, 0.25) is 0 Å². The maximum absolute atomic E-state index is 4.30. The molecule has 4 heteroatoms. The lowest BCUT2D eigenvalue weighted by molar-refractivity contribution is 0.520. The zero-order valence-electron chi connectivity index (χ0n) is 10.5. The molecule has 0 aliphatic carbocycles. The van der Waals surface area contributed by atoms with Crippen molar-refractivity contribution >= 4 is 15.9 Å². The van der Waals surface area contributed by atoms with Crippen LogP contribution in [-0.4, -0.2) is 16.5 Å². The summed E-state index contributed by atoms with van der Waals surface area (Å²) >= 11 is 3.47. The van der Waals surface area contributed by atoms with E-state index in [9.17, 15) is 0 Å². The Kier molecular flexibility index (Phi) is 4.96. The van der Waals surface area contributed by atoms with Gasteiger partial charge >= 0.3 is 0 Å². The van der Waals surface area contributed by atoms with E-state index in [1.54, 1.807) is 6.20 Å². The van der Waals surface area contributed by atoms with Crippen LogP contribution in [0.4, 0.5) is 0 Å². The van der Waals surface area contributed by atoms with Crippen molar-refractivity contribution in [2.75, 3.05) is 6.54 Å². The minimum Gasteiger partial charge on any atom is -0.349 e. The molecule has 3 nitrogen and oxygen atoms in total. The third-order valence-electron chi connectivity index (χ3n) is 2.87. The number of rotatable bonds is 6. The minimum atomic E-state index is 0.309. The average molecular weight is 308 g/mol. The van der Waals surface area contributed by atoms with Gasteiger partial charge in [-0.15, -0.1) is 0 Å². The smallest absolute Gasteiger partial charge is 0.107 e. The van der Waals surface area contributed by atoms with Gasteiger partial charge in [0, 0.05) is 29.3 Å². The second-order valence-corrected chi connectivity index (χ2v) is 5.21. The van der Waals surface area contributed by atoms with Gasteiger partial charge in [-0.3, -0.25) is 0 Å². The molecule has 0 saturated carbocycles. The van der Waals surface area contributed by atoms with Gasteiger partial charge in [-0.05, 0) is 30.7 Å². The van der Waals surface area contributed by atoms with E-state index in [4.69, 9.17) is 0 Å². The zero-order chi connectivity index (χ0) is 12.8. The van der Waals surface area contributed by atoms with Crippen LogP contribution in [0.3, 0.4) is 0 Å². The molecule has 0 bridgehead atoms. The van der Waals surface area contributed by atoms with Crippen molar-refractivity contribution in [1.29, 1.82) is 0 Å². The number of hydrogen-bond acceptors (Lipinski definition) is 2. The third kappa shape index (κ3) is 3.68. The predicted octanol–water partition coefficient (Wildman–Crippen LogP) is 3.46. The fraction of sp³-hybridized carbons (Fsp3) is 0.357. The molecule has 0 fully saturated rings. The summed E-state index contributed by atoms with van der Waals surface area (Å²) in [7, 11) is 0. The number of aromatic nitrogens is 2. The predicted molar refractivity (Wildman–Crippen MR) is 77.5 cm³/mol. The second kappa shape index (κ2) is 6.71. The maximum Gasteiger partial charge on any atom is 0.107 e. The highest BCUT2D eigenvalue weighted by Crippen LogP contribution is 2.19. The summed E-state index contributed by atoms with van der Waals surface area (Å²) in [6.07, 6.45) is 5.68. The Bertz CT molecular complexity index is 450. The Morgan fingerprint density at radius 1 is 1.33 bits per heavy atom. The number of nitrogens with one attached hydrogen (secondary N) is 2. The Hall–Kier alpha value is -1.13. The fourth-order valence-corrected chi connectivity index (χ4v) is 2.19. The molecule has 1 atom stereocenters. The molecule has 1 heterocycles. The molecular weight excluding hydrogens is 290 g/mol. The van der Waals surface area contributed by atoms with Gasteiger partial charge in [0.25, 0.3) is 0 Å². The van der Waals surface area contributed by atoms with Crippen LogP contribution in [0.25, 0.3) is 0 Å². The van der Waals surface area contributed by atoms with Crippen molar-refractivity contribution in [2.24, 2.45) is 0 Å². The van der Waals surface area contributed by atoms with Crippen molar-refractivity contribution in [1.82, 2.24) is 15.3 Å². The lowest BCUT2D eigenvalue weighted by Gasteiger charge is -2.18. The minimum absolute atomic E-state index is 0.309. The molecule has 18 heavy (non-hydrogen) atoms. The zero-order valence-corrected chi connectivity index (χ0v) is 12.1. The van der Waals surface area contributed by atoms with Gasteiger partial charge in [0.2, 0.25) is 0 Å². The molecule has 1 unspecified atom stereocenters. The molecule has 1 aromatic carbocycles. The van der Waals surface area contributed by atoms with Gasteiger partial charge in [-0.1, -0.05) is 35.0 Å². The van der Waals surface area contributed by atoms with Gasteiger partial charge < -0.3 is 10.3 Å². The standard InChI is InChI=1S/C14H18BrN3/c1-2-7-16-13(10-14-17-8-9-18-14)11-3-5-12(15)6-4-11/h3-6,8-9,13,16H,2,7,10H2,1H3,(H,17,18). The summed E-state index contributed by atoms with van der Waals surface area (Å²) in [5, 5.41) is 3.57. The number of aromatic amines is 1. The van der Waals surface area contributed by atoms with Crippen LogP contribution in [0.5, 0.6) is 0 Å². The lowest BCUT2D eigenvalue weighted by Crippen LogP contribution is -2.24. The maximum atomic E-state index is 4.30. The Labute approximate surface area is 116 Å². The summed E-state index contributed by atoms with van der Waals surface area (Å²) in [6, 6.07) is 8.78. The van der Waals surface area contributed by atoms with E-state index in [1.807, 2.05) is 6.20 Å². The van der Waals surface area contributed by atoms with Gasteiger partial charge in [0.05, 0.1) is 0 Å². The first kappa shape index (κ1) is 13.3. The Morgan fingerprint density at radius 3 is 2.72 bits per heavy atom. The molecular formula is C14H18BrN3. The van der Waals surface area contributed by atoms with E-state index in [0.29, 0.717) is 6.04 Å². The Morgan fingerprint density at radius 2 is 2.11 bits per heavy atom. The molecule has 0 aliphatic rings. The molecule has 2 N–H and O–H groups in total. The van der Waals surface area contributed by atoms with E-state index < -0.39 is 0 Å². The molecule has 1 aromatic heterocycles. The topological polar surface area (TPSA) is 40.7 Å². The number of nitrogens with zero attached hydrogens (tertiary/aromatic N) is 1. The van der Waals surface area contributed by atoms with Crippen LogP contribution in [-0.2, 0) is 6.42 Å². The van der Waals surface area contributed by atoms with Crippen molar-refractivity contribution in [3.05, 3.63) is 52.5 Å². The van der Waals surface area contributed by atoms with Crippen molar-refractivity contribution < 1.29 is 0 Å². The monoisotopic (exact) mass is 307 g/mol. The highest BCUT2D eigenvalue weighted by Gasteiger charge is 2.12. The highest BCUT2D eigenvalue weighted by molar-refractivity contribution is 9.10. The number of imidazole rings is 1. The normalized spacial score (nSPS) is 12.6. The summed E-state index contributed by atoms with van der Waals surface area (Å²) in [6.45, 7) is 3.19. The summed E-state index contributed by atoms with van der Waals surface area (Å²) in [5.41, 5.74) is 1.29. The van der Waals surface area contributed by atoms with Crippen LogP contribution in [0.15, 0.2) is 41.1 Å². The van der Waals surface area contributed by atoms with E-state index in [2.05, 4.69) is 62.4 Å². The van der Waals surface area contributed by atoms with Gasteiger partial charge in [-0.2, -0.15) is 0 Å². The van der Waals surface area contributed by atoms with Gasteiger partial charge in [0.1, 0.15) is 5.82 Å². The van der Waals surface area contributed by atoms with Crippen molar-refractivity contribution in [2.45, 2.75) is 25.8 Å². The van der Waals surface area contributed by atoms with E-state index in [1.165, 1.54) is 5.56 Å². The van der Waals surface area contributed by atoms with Gasteiger partial charge in [-0.25, -0.2) is 4.98 Å². The first-order valence-corrected chi connectivity index (χ1v) is 7.06. The van der Waals surface area contributed by atoms with Crippen molar-refractivity contribution in [3.8, 4) is 0 Å². The van der Waals surface area contributed by atoms with Crippen molar-refractivity contribution in [3.63, 3.8) is 0 Å². The molecule has 0 radical (unpaired) electrons. The third-order valence-corrected chi connectivity index (χ3v) is 3.39. The number of hydrogen-bond donors (Lipinski definition) is 2. The van der Waals surface area contributed by atoms with E-state index in [0.717, 1.165) is 29.7 Å². The highest BCUT2D eigenvalue weighted by atomic mass is 79.9. The molecule has 0 spiro atoms. The van der Waals surface area contributed by atoms with Crippen LogP contribution in [0.1, 0.15) is 30.8 Å². The molecule has 2 aromatic rings. The summed E-state index contributed by atoms with van der Waals surface area (Å²) < 4.78 is 1.11. The van der Waals surface area contributed by atoms with Crippen LogP contribution < -0.4 is 5.32 Å². The molecule has 0 saturated heterocycles. The number of benzene rings is 1. The van der Waals surface area contributed by atoms with Crippen LogP contribution >= 0.6 is 15.9 Å². The quantitative estimate of drug-likeness (QED) is 0.858. The number of halogens is 1. The lowest BCUT2D eigenvalue weighted by atomic mass is 10.0. The molecule has 0 aliphatic heterocycles. The SMILES string of the molecule is CCCNC(Cc1ncc[nH]1)c1ccc(Br)cc1. The van der Waals surface area contributed by atoms with Gasteiger partial charge in [0.15, 0.2) is 0 Å². The van der Waals surface area contributed by atoms with E-state index >= 15 is 0 Å². The second-order valence-electron chi connectivity index (χ2n) is 4.30. The first-order chi connectivity index (χ1) is 8.79. The van der Waals surface area contributed by atoms with E-state index in [-0.39, 0.29) is 0 Å². The molecule has 96 valence electrons.